The predicted molar refractivity (Wildman–Crippen MR) is 76.4 cm³/mol. The molecule has 92 valence electrons. The first-order valence-corrected chi connectivity index (χ1v) is 6.67. The number of aromatic nitrogens is 1. The van der Waals surface area contributed by atoms with Crippen LogP contribution >= 0.6 is 34.8 Å². The molecule has 0 bridgehead atoms. The Morgan fingerprint density at radius 3 is 2.67 bits per heavy atom. The molecule has 1 aliphatic heterocycles. The van der Waals surface area contributed by atoms with E-state index in [0.717, 1.165) is 18.7 Å². The molecule has 2 heterocycles. The molecule has 0 spiro atoms. The minimum Gasteiger partial charge on any atom is -0.325 e. The van der Waals surface area contributed by atoms with Gasteiger partial charge in [0.05, 0.1) is 10.0 Å². The monoisotopic (exact) mass is 298 g/mol. The van der Waals surface area contributed by atoms with E-state index >= 15 is 0 Å². The van der Waals surface area contributed by atoms with Crippen molar-refractivity contribution in [2.75, 3.05) is 11.4 Å². The zero-order chi connectivity index (χ0) is 12.7. The number of halogens is 3. The van der Waals surface area contributed by atoms with Crippen LogP contribution in [-0.2, 0) is 6.42 Å². The van der Waals surface area contributed by atoms with E-state index in [4.69, 9.17) is 34.8 Å². The molecule has 2 nitrogen and oxygen atoms in total. The fourth-order valence-electron chi connectivity index (χ4n) is 2.18. The van der Waals surface area contributed by atoms with Crippen LogP contribution in [0.25, 0.3) is 0 Å². The van der Waals surface area contributed by atoms with Gasteiger partial charge in [0.2, 0.25) is 0 Å². The molecule has 0 amide bonds. The van der Waals surface area contributed by atoms with Gasteiger partial charge in [-0.2, -0.15) is 0 Å². The van der Waals surface area contributed by atoms with E-state index in [2.05, 4.69) is 22.0 Å². The van der Waals surface area contributed by atoms with E-state index in [-0.39, 0.29) is 5.15 Å². The summed E-state index contributed by atoms with van der Waals surface area (Å²) in [6, 6.07) is 9.84. The summed E-state index contributed by atoms with van der Waals surface area (Å²) in [4.78, 5) is 6.35. The van der Waals surface area contributed by atoms with Crippen LogP contribution in [0.5, 0.6) is 0 Å². The standard InChI is InChI=1S/C13H9Cl3N2/c14-9-7-10(15)13(17-12(9)16)18-6-5-8-3-1-2-4-11(8)18/h1-4,7H,5-6H2. The van der Waals surface area contributed by atoms with E-state index in [1.165, 1.54) is 5.56 Å². The SMILES string of the molecule is Clc1cc(Cl)c(N2CCc3ccccc32)nc1Cl. The van der Waals surface area contributed by atoms with Gasteiger partial charge in [-0.15, -0.1) is 0 Å². The Balaban J connectivity index is 2.10. The predicted octanol–water partition coefficient (Wildman–Crippen LogP) is 4.74. The average molecular weight is 300 g/mol. The van der Waals surface area contributed by atoms with Crippen LogP contribution in [0.4, 0.5) is 11.5 Å². The second-order valence-electron chi connectivity index (χ2n) is 4.10. The molecular formula is C13H9Cl3N2. The van der Waals surface area contributed by atoms with Crippen LogP contribution in [0.1, 0.15) is 5.56 Å². The molecule has 3 rings (SSSR count). The highest BCUT2D eigenvalue weighted by Gasteiger charge is 2.23. The van der Waals surface area contributed by atoms with Crippen molar-refractivity contribution >= 4 is 46.3 Å². The average Bonchev–Trinajstić information content (AvgIpc) is 2.78. The van der Waals surface area contributed by atoms with E-state index in [9.17, 15) is 0 Å². The summed E-state index contributed by atoms with van der Waals surface area (Å²) in [5, 5.41) is 1.17. The Hall–Kier alpha value is -0.960. The summed E-state index contributed by atoms with van der Waals surface area (Å²) in [6.45, 7) is 0.851. The fraction of sp³-hybridized carbons (Fsp3) is 0.154. The molecular weight excluding hydrogens is 291 g/mol. The summed E-state index contributed by atoms with van der Waals surface area (Å²) in [5.74, 6) is 0.663. The van der Waals surface area contributed by atoms with E-state index in [1.54, 1.807) is 6.07 Å². The molecule has 0 atom stereocenters. The quantitative estimate of drug-likeness (QED) is 0.707. The van der Waals surface area contributed by atoms with Gasteiger partial charge in [-0.1, -0.05) is 53.0 Å². The maximum atomic E-state index is 6.20. The van der Waals surface area contributed by atoms with Gasteiger partial charge in [-0.3, -0.25) is 0 Å². The van der Waals surface area contributed by atoms with Crippen molar-refractivity contribution in [3.8, 4) is 0 Å². The Labute approximate surface area is 120 Å². The molecule has 1 aliphatic rings. The van der Waals surface area contributed by atoms with Gasteiger partial charge < -0.3 is 4.90 Å². The van der Waals surface area contributed by atoms with Crippen molar-refractivity contribution in [3.63, 3.8) is 0 Å². The van der Waals surface area contributed by atoms with Crippen LogP contribution in [0, 0.1) is 0 Å². The van der Waals surface area contributed by atoms with Crippen molar-refractivity contribution in [2.45, 2.75) is 6.42 Å². The van der Waals surface area contributed by atoms with Crippen molar-refractivity contribution < 1.29 is 0 Å². The number of rotatable bonds is 1. The van der Waals surface area contributed by atoms with Crippen molar-refractivity contribution in [1.82, 2.24) is 4.98 Å². The van der Waals surface area contributed by atoms with Crippen LogP contribution in [0.3, 0.4) is 0 Å². The number of hydrogen-bond donors (Lipinski definition) is 0. The largest absolute Gasteiger partial charge is 0.325 e. The molecule has 1 aromatic carbocycles. The summed E-state index contributed by atoms with van der Waals surface area (Å²) in [7, 11) is 0. The fourth-order valence-corrected chi connectivity index (χ4v) is 2.78. The van der Waals surface area contributed by atoms with Gasteiger partial charge in [0.1, 0.15) is 5.15 Å². The number of para-hydroxylation sites is 1. The summed E-state index contributed by atoms with van der Waals surface area (Å²) < 4.78 is 0. The Kier molecular flexibility index (Phi) is 3.10. The molecule has 0 saturated heterocycles. The molecule has 0 radical (unpaired) electrons. The lowest BCUT2D eigenvalue weighted by atomic mass is 10.2. The van der Waals surface area contributed by atoms with Crippen molar-refractivity contribution in [3.05, 3.63) is 51.1 Å². The minimum atomic E-state index is 0.278. The lowest BCUT2D eigenvalue weighted by Crippen LogP contribution is -2.15. The van der Waals surface area contributed by atoms with Crippen molar-refractivity contribution in [1.29, 1.82) is 0 Å². The molecule has 18 heavy (non-hydrogen) atoms. The van der Waals surface area contributed by atoms with Gasteiger partial charge in [0.25, 0.3) is 0 Å². The molecule has 5 heteroatoms. The van der Waals surface area contributed by atoms with Crippen LogP contribution in [0.2, 0.25) is 15.2 Å². The van der Waals surface area contributed by atoms with Crippen LogP contribution in [0.15, 0.2) is 30.3 Å². The van der Waals surface area contributed by atoms with Gasteiger partial charge in [0.15, 0.2) is 5.82 Å². The second-order valence-corrected chi connectivity index (χ2v) is 5.27. The first-order chi connectivity index (χ1) is 8.66. The molecule has 0 N–H and O–H groups in total. The third kappa shape index (κ3) is 1.95. The smallest absolute Gasteiger partial charge is 0.153 e. The highest BCUT2D eigenvalue weighted by molar-refractivity contribution is 6.43. The van der Waals surface area contributed by atoms with E-state index in [1.807, 2.05) is 12.1 Å². The Morgan fingerprint density at radius 2 is 1.83 bits per heavy atom. The minimum absolute atomic E-state index is 0.278. The maximum Gasteiger partial charge on any atom is 0.153 e. The third-order valence-corrected chi connectivity index (χ3v) is 3.96. The molecule has 1 aromatic heterocycles. The normalized spacial score (nSPS) is 13.8. The molecule has 0 unspecified atom stereocenters. The first-order valence-electron chi connectivity index (χ1n) is 5.54. The molecule has 0 saturated carbocycles. The second kappa shape index (κ2) is 4.61. The number of hydrogen-bond acceptors (Lipinski definition) is 2. The lowest BCUT2D eigenvalue weighted by Gasteiger charge is -2.20. The maximum absolute atomic E-state index is 6.20. The lowest BCUT2D eigenvalue weighted by molar-refractivity contribution is 0.974. The number of anilines is 2. The van der Waals surface area contributed by atoms with E-state index in [0.29, 0.717) is 15.9 Å². The topological polar surface area (TPSA) is 16.1 Å². The van der Waals surface area contributed by atoms with E-state index < -0.39 is 0 Å². The Morgan fingerprint density at radius 1 is 1.06 bits per heavy atom. The van der Waals surface area contributed by atoms with Crippen LogP contribution in [-0.4, -0.2) is 11.5 Å². The molecule has 2 aromatic rings. The van der Waals surface area contributed by atoms with Gasteiger partial charge >= 0.3 is 0 Å². The first kappa shape index (κ1) is 12.1. The summed E-state index contributed by atoms with van der Waals surface area (Å²) >= 11 is 18.1. The van der Waals surface area contributed by atoms with Gasteiger partial charge in [0, 0.05) is 12.2 Å². The number of nitrogens with zero attached hydrogens (tertiary/aromatic N) is 2. The van der Waals surface area contributed by atoms with Crippen LogP contribution < -0.4 is 4.90 Å². The molecule has 0 aliphatic carbocycles. The number of pyridine rings is 1. The van der Waals surface area contributed by atoms with Crippen molar-refractivity contribution in [2.24, 2.45) is 0 Å². The molecule has 0 fully saturated rings. The number of benzene rings is 1. The zero-order valence-corrected chi connectivity index (χ0v) is 11.6. The highest BCUT2D eigenvalue weighted by Crippen LogP contribution is 2.39. The highest BCUT2D eigenvalue weighted by atomic mass is 35.5. The third-order valence-electron chi connectivity index (χ3n) is 3.01. The Bertz CT molecular complexity index is 613. The van der Waals surface area contributed by atoms with Gasteiger partial charge in [-0.25, -0.2) is 4.98 Å². The zero-order valence-electron chi connectivity index (χ0n) is 9.33. The van der Waals surface area contributed by atoms with Gasteiger partial charge in [-0.05, 0) is 24.1 Å². The summed E-state index contributed by atoms with van der Waals surface area (Å²) in [5.41, 5.74) is 2.42. The summed E-state index contributed by atoms with van der Waals surface area (Å²) in [6.07, 6.45) is 0.981. The number of fused-ring (bicyclic) bond motifs is 1.